The van der Waals surface area contributed by atoms with Gasteiger partial charge >= 0.3 is 5.97 Å². The molecule has 7 heteroatoms. The van der Waals surface area contributed by atoms with Crippen molar-refractivity contribution in [2.24, 2.45) is 0 Å². The molecule has 0 heterocycles. The SMILES string of the molecule is Cc1ccc(NC(=O)CN(C)C(=O)[C@@H](C)OC(=O)c2cccc(N(C)C)c2)cc1. The number of benzene rings is 2. The van der Waals surface area contributed by atoms with Crippen LogP contribution >= 0.6 is 0 Å². The minimum absolute atomic E-state index is 0.148. The van der Waals surface area contributed by atoms with E-state index in [0.29, 0.717) is 11.3 Å². The van der Waals surface area contributed by atoms with Crippen molar-refractivity contribution in [1.29, 1.82) is 0 Å². The Labute approximate surface area is 171 Å². The normalized spacial score (nSPS) is 11.3. The minimum Gasteiger partial charge on any atom is -0.449 e. The van der Waals surface area contributed by atoms with Gasteiger partial charge in [-0.25, -0.2) is 4.79 Å². The zero-order chi connectivity index (χ0) is 21.6. The largest absolute Gasteiger partial charge is 0.449 e. The van der Waals surface area contributed by atoms with Gasteiger partial charge in [-0.3, -0.25) is 9.59 Å². The van der Waals surface area contributed by atoms with E-state index < -0.39 is 18.0 Å². The molecular formula is C22H27N3O4. The topological polar surface area (TPSA) is 79.0 Å². The van der Waals surface area contributed by atoms with E-state index in [-0.39, 0.29) is 12.5 Å². The third-order valence-electron chi connectivity index (χ3n) is 4.32. The van der Waals surface area contributed by atoms with Crippen LogP contribution in [0.4, 0.5) is 11.4 Å². The highest BCUT2D eigenvalue weighted by atomic mass is 16.5. The number of esters is 1. The number of aryl methyl sites for hydroxylation is 1. The lowest BCUT2D eigenvalue weighted by molar-refractivity contribution is -0.140. The molecule has 0 unspecified atom stereocenters. The highest BCUT2D eigenvalue weighted by Gasteiger charge is 2.23. The van der Waals surface area contributed by atoms with Gasteiger partial charge in [0, 0.05) is 32.5 Å². The average molecular weight is 397 g/mol. The number of amides is 2. The Morgan fingerprint density at radius 1 is 1.03 bits per heavy atom. The molecule has 154 valence electrons. The molecule has 2 amide bonds. The van der Waals surface area contributed by atoms with Crippen LogP contribution in [0.3, 0.4) is 0 Å². The molecule has 2 aromatic rings. The molecule has 0 saturated heterocycles. The molecule has 0 spiro atoms. The Morgan fingerprint density at radius 2 is 1.69 bits per heavy atom. The number of ether oxygens (including phenoxy) is 1. The fraction of sp³-hybridized carbons (Fsp3) is 0.318. The van der Waals surface area contributed by atoms with Gasteiger partial charge in [0.15, 0.2) is 6.10 Å². The number of anilines is 2. The van der Waals surface area contributed by atoms with Gasteiger partial charge in [0.25, 0.3) is 5.91 Å². The summed E-state index contributed by atoms with van der Waals surface area (Å²) in [7, 11) is 5.23. The minimum atomic E-state index is -1.01. The maximum Gasteiger partial charge on any atom is 0.338 e. The molecule has 2 aromatic carbocycles. The van der Waals surface area contributed by atoms with E-state index in [9.17, 15) is 14.4 Å². The summed E-state index contributed by atoms with van der Waals surface area (Å²) in [6.45, 7) is 3.30. The Morgan fingerprint density at radius 3 is 2.31 bits per heavy atom. The summed E-state index contributed by atoms with van der Waals surface area (Å²) in [6.07, 6.45) is -1.01. The first-order chi connectivity index (χ1) is 13.7. The van der Waals surface area contributed by atoms with Gasteiger partial charge in [-0.05, 0) is 44.2 Å². The molecule has 0 aromatic heterocycles. The summed E-state index contributed by atoms with van der Waals surface area (Å²) in [5, 5.41) is 2.73. The fourth-order valence-corrected chi connectivity index (χ4v) is 2.63. The second-order valence-electron chi connectivity index (χ2n) is 7.10. The second-order valence-corrected chi connectivity index (χ2v) is 7.10. The van der Waals surface area contributed by atoms with Gasteiger partial charge in [-0.1, -0.05) is 23.8 Å². The van der Waals surface area contributed by atoms with Crippen molar-refractivity contribution in [3.05, 3.63) is 59.7 Å². The van der Waals surface area contributed by atoms with E-state index in [2.05, 4.69) is 5.32 Å². The van der Waals surface area contributed by atoms with Crippen LogP contribution < -0.4 is 10.2 Å². The van der Waals surface area contributed by atoms with Crippen LogP contribution in [0.5, 0.6) is 0 Å². The lowest BCUT2D eigenvalue weighted by Gasteiger charge is -2.21. The van der Waals surface area contributed by atoms with E-state index in [1.54, 1.807) is 30.3 Å². The summed E-state index contributed by atoms with van der Waals surface area (Å²) >= 11 is 0. The van der Waals surface area contributed by atoms with Crippen molar-refractivity contribution in [3.8, 4) is 0 Å². The van der Waals surface area contributed by atoms with E-state index >= 15 is 0 Å². The first kappa shape index (κ1) is 21.9. The van der Waals surface area contributed by atoms with Crippen LogP contribution in [0.1, 0.15) is 22.8 Å². The van der Waals surface area contributed by atoms with E-state index in [0.717, 1.165) is 11.3 Å². The number of carbonyl (C=O) groups is 3. The summed E-state index contributed by atoms with van der Waals surface area (Å²) < 4.78 is 5.29. The molecule has 29 heavy (non-hydrogen) atoms. The average Bonchev–Trinajstić information content (AvgIpc) is 2.68. The monoisotopic (exact) mass is 397 g/mol. The highest BCUT2D eigenvalue weighted by molar-refractivity contribution is 5.96. The number of carbonyl (C=O) groups excluding carboxylic acids is 3. The van der Waals surface area contributed by atoms with Gasteiger partial charge in [0.1, 0.15) is 0 Å². The molecule has 0 saturated carbocycles. The van der Waals surface area contributed by atoms with E-state index in [1.807, 2.05) is 44.1 Å². The number of rotatable bonds is 7. The van der Waals surface area contributed by atoms with Crippen molar-refractivity contribution in [2.45, 2.75) is 20.0 Å². The van der Waals surface area contributed by atoms with Crippen LogP contribution in [0.2, 0.25) is 0 Å². The summed E-state index contributed by atoms with van der Waals surface area (Å²) in [4.78, 5) is 40.1. The van der Waals surface area contributed by atoms with Gasteiger partial charge in [0.05, 0.1) is 12.1 Å². The third kappa shape index (κ3) is 6.34. The second kappa shape index (κ2) is 9.73. The Hall–Kier alpha value is -3.35. The predicted molar refractivity (Wildman–Crippen MR) is 113 cm³/mol. The van der Waals surface area contributed by atoms with Crippen LogP contribution in [0.15, 0.2) is 48.5 Å². The zero-order valence-corrected chi connectivity index (χ0v) is 17.4. The predicted octanol–water partition coefficient (Wildman–Crippen LogP) is 2.70. The molecule has 0 aliphatic heterocycles. The molecule has 1 atom stereocenters. The van der Waals surface area contributed by atoms with Crippen LogP contribution in [0, 0.1) is 6.92 Å². The summed E-state index contributed by atoms with van der Waals surface area (Å²) in [6, 6.07) is 14.3. The first-order valence-corrected chi connectivity index (χ1v) is 9.27. The van der Waals surface area contributed by atoms with E-state index in [1.165, 1.54) is 18.9 Å². The zero-order valence-electron chi connectivity index (χ0n) is 17.4. The lowest BCUT2D eigenvalue weighted by Crippen LogP contribution is -2.41. The molecule has 0 aliphatic carbocycles. The third-order valence-corrected chi connectivity index (χ3v) is 4.32. The van der Waals surface area contributed by atoms with Gasteiger partial charge in [-0.15, -0.1) is 0 Å². The number of nitrogens with one attached hydrogen (secondary N) is 1. The van der Waals surface area contributed by atoms with Crippen molar-refractivity contribution in [2.75, 3.05) is 37.9 Å². The van der Waals surface area contributed by atoms with Crippen LogP contribution in [-0.2, 0) is 14.3 Å². The first-order valence-electron chi connectivity index (χ1n) is 9.27. The number of nitrogens with zero attached hydrogens (tertiary/aromatic N) is 2. The summed E-state index contributed by atoms with van der Waals surface area (Å²) in [5.74, 6) is -1.38. The quantitative estimate of drug-likeness (QED) is 0.727. The van der Waals surface area contributed by atoms with Gasteiger partial charge in [0.2, 0.25) is 5.91 Å². The smallest absolute Gasteiger partial charge is 0.338 e. The Balaban J connectivity index is 1.91. The molecule has 0 fully saturated rings. The number of hydrogen-bond acceptors (Lipinski definition) is 5. The maximum absolute atomic E-state index is 12.5. The number of hydrogen-bond donors (Lipinski definition) is 1. The fourth-order valence-electron chi connectivity index (χ4n) is 2.63. The summed E-state index contributed by atoms with van der Waals surface area (Å²) in [5.41, 5.74) is 2.95. The molecule has 0 bridgehead atoms. The molecular weight excluding hydrogens is 370 g/mol. The van der Waals surface area contributed by atoms with E-state index in [4.69, 9.17) is 4.74 Å². The lowest BCUT2D eigenvalue weighted by atomic mass is 10.2. The molecule has 0 radical (unpaired) electrons. The Kier molecular flexibility index (Phi) is 7.36. The Bertz CT molecular complexity index is 878. The van der Waals surface area contributed by atoms with Crippen LogP contribution in [-0.4, -0.2) is 56.5 Å². The molecule has 2 rings (SSSR count). The number of likely N-dealkylation sites (N-methyl/N-ethyl adjacent to an activating group) is 1. The van der Waals surface area contributed by atoms with Gasteiger partial charge < -0.3 is 19.9 Å². The van der Waals surface area contributed by atoms with Crippen molar-refractivity contribution >= 4 is 29.2 Å². The molecule has 0 aliphatic rings. The van der Waals surface area contributed by atoms with Crippen molar-refractivity contribution in [1.82, 2.24) is 4.90 Å². The van der Waals surface area contributed by atoms with Crippen molar-refractivity contribution in [3.63, 3.8) is 0 Å². The molecule has 1 N–H and O–H groups in total. The maximum atomic E-state index is 12.5. The molecule has 7 nitrogen and oxygen atoms in total. The standard InChI is InChI=1S/C22H27N3O4/c1-15-9-11-18(12-10-15)23-20(26)14-25(5)21(27)16(2)29-22(28)17-7-6-8-19(13-17)24(3)4/h6-13,16H,14H2,1-5H3,(H,23,26)/t16-/m1/s1. The highest BCUT2D eigenvalue weighted by Crippen LogP contribution is 2.15. The van der Waals surface area contributed by atoms with Crippen LogP contribution in [0.25, 0.3) is 0 Å². The van der Waals surface area contributed by atoms with Gasteiger partial charge in [-0.2, -0.15) is 0 Å². The van der Waals surface area contributed by atoms with Crippen molar-refractivity contribution < 1.29 is 19.1 Å².